The van der Waals surface area contributed by atoms with E-state index in [-0.39, 0.29) is 23.7 Å². The van der Waals surface area contributed by atoms with Gasteiger partial charge in [0.15, 0.2) is 0 Å². The third-order valence-corrected chi connectivity index (χ3v) is 3.61. The number of hydrogen-bond donors (Lipinski definition) is 1. The summed E-state index contributed by atoms with van der Waals surface area (Å²) in [5.41, 5.74) is 6.19. The Labute approximate surface area is 106 Å². The molecule has 2 heterocycles. The second kappa shape index (κ2) is 5.44. The first-order chi connectivity index (χ1) is 8.58. The largest absolute Gasteiger partial charge is 0.369 e. The number of pyridine rings is 1. The summed E-state index contributed by atoms with van der Waals surface area (Å²) in [6.07, 6.45) is 4.65. The molecular formula is C13H18FN3O. The summed E-state index contributed by atoms with van der Waals surface area (Å²) in [5, 5.41) is 0. The van der Waals surface area contributed by atoms with Gasteiger partial charge in [0.25, 0.3) is 0 Å². The van der Waals surface area contributed by atoms with Crippen LogP contribution in [0, 0.1) is 11.7 Å². The third-order valence-electron chi connectivity index (χ3n) is 3.61. The van der Waals surface area contributed by atoms with Crippen LogP contribution >= 0.6 is 0 Å². The zero-order chi connectivity index (χ0) is 13.1. The van der Waals surface area contributed by atoms with E-state index in [2.05, 4.69) is 9.88 Å². The molecule has 0 aromatic carbocycles. The summed E-state index contributed by atoms with van der Waals surface area (Å²) in [6, 6.07) is 1.54. The fourth-order valence-electron chi connectivity index (χ4n) is 2.46. The fourth-order valence-corrected chi connectivity index (χ4v) is 2.46. The molecule has 5 heteroatoms. The molecule has 1 aliphatic rings. The molecule has 1 saturated heterocycles. The van der Waals surface area contributed by atoms with Crippen LogP contribution in [0.4, 0.5) is 4.39 Å². The van der Waals surface area contributed by atoms with Crippen molar-refractivity contribution in [2.75, 3.05) is 13.1 Å². The van der Waals surface area contributed by atoms with Gasteiger partial charge in [0.05, 0.1) is 12.1 Å². The molecule has 0 radical (unpaired) electrons. The maximum Gasteiger partial charge on any atom is 0.221 e. The highest BCUT2D eigenvalue weighted by atomic mass is 19.1. The monoisotopic (exact) mass is 251 g/mol. The van der Waals surface area contributed by atoms with Crippen LogP contribution in [0.15, 0.2) is 18.5 Å². The van der Waals surface area contributed by atoms with E-state index in [0.29, 0.717) is 6.54 Å². The first kappa shape index (κ1) is 13.0. The molecule has 4 nitrogen and oxygen atoms in total. The lowest BCUT2D eigenvalue weighted by Gasteiger charge is -2.35. The minimum atomic E-state index is -0.331. The summed E-state index contributed by atoms with van der Waals surface area (Å²) in [5.74, 6) is -0.671. The molecule has 1 aromatic rings. The van der Waals surface area contributed by atoms with Crippen LogP contribution in [-0.2, 0) is 4.79 Å². The van der Waals surface area contributed by atoms with Gasteiger partial charge in [-0.3, -0.25) is 14.7 Å². The molecule has 0 aliphatic carbocycles. The Kier molecular flexibility index (Phi) is 3.91. The lowest BCUT2D eigenvalue weighted by molar-refractivity contribution is -0.123. The maximum atomic E-state index is 13.1. The zero-order valence-electron chi connectivity index (χ0n) is 10.5. The molecule has 2 rings (SSSR count). The number of halogens is 1. The predicted molar refractivity (Wildman–Crippen MR) is 66.1 cm³/mol. The van der Waals surface area contributed by atoms with E-state index < -0.39 is 0 Å². The number of primary amides is 1. The average molecular weight is 251 g/mol. The number of nitrogens with zero attached hydrogens (tertiary/aromatic N) is 2. The van der Waals surface area contributed by atoms with Crippen molar-refractivity contribution in [1.82, 2.24) is 9.88 Å². The van der Waals surface area contributed by atoms with Crippen molar-refractivity contribution in [2.24, 2.45) is 11.7 Å². The molecule has 1 fully saturated rings. The molecule has 2 N–H and O–H groups in total. The molecule has 1 aromatic heterocycles. The first-order valence-corrected chi connectivity index (χ1v) is 6.21. The van der Waals surface area contributed by atoms with E-state index in [1.54, 1.807) is 6.20 Å². The lowest BCUT2D eigenvalue weighted by atomic mass is 9.95. The molecule has 98 valence electrons. The van der Waals surface area contributed by atoms with Crippen LogP contribution in [0.25, 0.3) is 0 Å². The molecule has 0 bridgehead atoms. The van der Waals surface area contributed by atoms with Gasteiger partial charge < -0.3 is 5.73 Å². The number of carbonyl (C=O) groups is 1. The van der Waals surface area contributed by atoms with Crippen molar-refractivity contribution < 1.29 is 9.18 Å². The molecule has 0 spiro atoms. The highest BCUT2D eigenvalue weighted by Gasteiger charge is 2.27. The van der Waals surface area contributed by atoms with Crippen LogP contribution in [-0.4, -0.2) is 28.9 Å². The highest BCUT2D eigenvalue weighted by Crippen LogP contribution is 2.26. The molecular weight excluding hydrogens is 233 g/mol. The van der Waals surface area contributed by atoms with Crippen LogP contribution in [0.2, 0.25) is 0 Å². The number of amides is 1. The van der Waals surface area contributed by atoms with Crippen molar-refractivity contribution in [3.63, 3.8) is 0 Å². The minimum absolute atomic E-state index is 0.0512. The Morgan fingerprint density at radius 1 is 1.61 bits per heavy atom. The molecule has 0 unspecified atom stereocenters. The van der Waals surface area contributed by atoms with Crippen molar-refractivity contribution in [2.45, 2.75) is 25.8 Å². The van der Waals surface area contributed by atoms with Crippen molar-refractivity contribution in [3.05, 3.63) is 29.8 Å². The summed E-state index contributed by atoms with van der Waals surface area (Å²) in [6.45, 7) is 3.55. The molecule has 2 atom stereocenters. The third kappa shape index (κ3) is 2.85. The SMILES string of the molecule is C[C@@H](c1cncc(F)c1)N1CCC[C@@H](C(N)=O)C1. The van der Waals surface area contributed by atoms with E-state index in [1.165, 1.54) is 12.3 Å². The Balaban J connectivity index is 2.09. The number of carbonyl (C=O) groups excluding carboxylic acids is 1. The van der Waals surface area contributed by atoms with E-state index in [0.717, 1.165) is 24.9 Å². The van der Waals surface area contributed by atoms with Gasteiger partial charge in [-0.05, 0) is 37.9 Å². The van der Waals surface area contributed by atoms with Gasteiger partial charge in [-0.25, -0.2) is 4.39 Å². The highest BCUT2D eigenvalue weighted by molar-refractivity contribution is 5.76. The van der Waals surface area contributed by atoms with Crippen LogP contribution in [0.3, 0.4) is 0 Å². The fraction of sp³-hybridized carbons (Fsp3) is 0.538. The number of likely N-dealkylation sites (tertiary alicyclic amines) is 1. The number of nitrogens with two attached hydrogens (primary N) is 1. The van der Waals surface area contributed by atoms with Crippen LogP contribution in [0.5, 0.6) is 0 Å². The van der Waals surface area contributed by atoms with Crippen LogP contribution in [0.1, 0.15) is 31.4 Å². The smallest absolute Gasteiger partial charge is 0.221 e. The van der Waals surface area contributed by atoms with Gasteiger partial charge in [-0.2, -0.15) is 0 Å². The summed E-state index contributed by atoms with van der Waals surface area (Å²) < 4.78 is 13.1. The number of piperidine rings is 1. The van der Waals surface area contributed by atoms with Crippen LogP contribution < -0.4 is 5.73 Å². The quantitative estimate of drug-likeness (QED) is 0.885. The second-order valence-electron chi connectivity index (χ2n) is 4.85. The van der Waals surface area contributed by atoms with Gasteiger partial charge in [-0.15, -0.1) is 0 Å². The van der Waals surface area contributed by atoms with Gasteiger partial charge in [-0.1, -0.05) is 0 Å². The normalized spacial score (nSPS) is 22.7. The second-order valence-corrected chi connectivity index (χ2v) is 4.85. The standard InChI is InChI=1S/C13H18FN3O/c1-9(11-5-12(14)7-16-6-11)17-4-2-3-10(8-17)13(15)18/h5-7,9-10H,2-4,8H2,1H3,(H2,15,18)/t9-,10+/m0/s1. The Morgan fingerprint density at radius 3 is 3.06 bits per heavy atom. The molecule has 1 aliphatic heterocycles. The number of hydrogen-bond acceptors (Lipinski definition) is 3. The van der Waals surface area contributed by atoms with Gasteiger partial charge >= 0.3 is 0 Å². The Morgan fingerprint density at radius 2 is 2.39 bits per heavy atom. The topological polar surface area (TPSA) is 59.2 Å². The summed E-state index contributed by atoms with van der Waals surface area (Å²) >= 11 is 0. The lowest BCUT2D eigenvalue weighted by Crippen LogP contribution is -2.42. The number of aromatic nitrogens is 1. The maximum absolute atomic E-state index is 13.1. The zero-order valence-corrected chi connectivity index (χ0v) is 10.5. The predicted octanol–water partition coefficient (Wildman–Crippen LogP) is 1.48. The Bertz CT molecular complexity index is 438. The van der Waals surface area contributed by atoms with Crippen molar-refractivity contribution in [1.29, 1.82) is 0 Å². The summed E-state index contributed by atoms with van der Waals surface area (Å²) in [7, 11) is 0. The summed E-state index contributed by atoms with van der Waals surface area (Å²) in [4.78, 5) is 17.3. The van der Waals surface area contributed by atoms with E-state index in [4.69, 9.17) is 5.73 Å². The van der Waals surface area contributed by atoms with E-state index >= 15 is 0 Å². The number of rotatable bonds is 3. The van der Waals surface area contributed by atoms with Crippen molar-refractivity contribution >= 4 is 5.91 Å². The molecule has 1 amide bonds. The first-order valence-electron chi connectivity index (χ1n) is 6.21. The van der Waals surface area contributed by atoms with Gasteiger partial charge in [0, 0.05) is 18.8 Å². The minimum Gasteiger partial charge on any atom is -0.369 e. The van der Waals surface area contributed by atoms with Crippen molar-refractivity contribution in [3.8, 4) is 0 Å². The average Bonchev–Trinajstić information content (AvgIpc) is 2.38. The van der Waals surface area contributed by atoms with Gasteiger partial charge in [0.1, 0.15) is 5.82 Å². The van der Waals surface area contributed by atoms with E-state index in [9.17, 15) is 9.18 Å². The van der Waals surface area contributed by atoms with E-state index in [1.807, 2.05) is 6.92 Å². The van der Waals surface area contributed by atoms with Gasteiger partial charge in [0.2, 0.25) is 5.91 Å². The molecule has 0 saturated carbocycles. The Hall–Kier alpha value is -1.49. The molecule has 18 heavy (non-hydrogen) atoms.